The molecule has 0 N–H and O–H groups in total. The lowest BCUT2D eigenvalue weighted by Crippen LogP contribution is -2.03. The molecule has 0 aliphatic carbocycles. The summed E-state index contributed by atoms with van der Waals surface area (Å²) in [5.74, 6) is -0.0944. The average Bonchev–Trinajstić information content (AvgIpc) is 2.21. The van der Waals surface area contributed by atoms with Crippen LogP contribution in [0.1, 0.15) is 25.3 Å². The van der Waals surface area contributed by atoms with Crippen LogP contribution in [-0.2, 0) is 16.0 Å². The number of hydrogen-bond acceptors (Lipinski definition) is 2. The van der Waals surface area contributed by atoms with Crippen LogP contribution in [0.25, 0.3) is 0 Å². The Kier molecular flexibility index (Phi) is 5.68. The summed E-state index contributed by atoms with van der Waals surface area (Å²) in [6, 6.07) is 8.38. The first-order valence-electron chi connectivity index (χ1n) is 5.12. The molecule has 0 unspecified atom stereocenters. The van der Waals surface area contributed by atoms with E-state index in [9.17, 15) is 4.79 Å². The zero-order valence-corrected chi connectivity index (χ0v) is 11.0. The highest BCUT2D eigenvalue weighted by Gasteiger charge is 2.01. The van der Waals surface area contributed by atoms with Crippen molar-refractivity contribution >= 4 is 28.6 Å². The van der Waals surface area contributed by atoms with Gasteiger partial charge in [0.25, 0.3) is 0 Å². The van der Waals surface area contributed by atoms with E-state index in [0.717, 1.165) is 12.8 Å². The molecular weight excluding hydrogens is 303 g/mol. The maximum absolute atomic E-state index is 11.1. The number of esters is 1. The number of carbonyl (C=O) groups is 1. The molecule has 0 heterocycles. The van der Waals surface area contributed by atoms with E-state index in [-0.39, 0.29) is 5.97 Å². The van der Waals surface area contributed by atoms with Gasteiger partial charge in [-0.15, -0.1) is 0 Å². The van der Waals surface area contributed by atoms with Crippen molar-refractivity contribution in [3.8, 4) is 0 Å². The molecule has 82 valence electrons. The van der Waals surface area contributed by atoms with Crippen molar-refractivity contribution in [1.82, 2.24) is 0 Å². The largest absolute Gasteiger partial charge is 0.466 e. The Morgan fingerprint density at radius 1 is 1.33 bits per heavy atom. The summed E-state index contributed by atoms with van der Waals surface area (Å²) in [6.07, 6.45) is 2.31. The van der Waals surface area contributed by atoms with Crippen LogP contribution in [0.15, 0.2) is 24.3 Å². The Labute approximate surface area is 104 Å². The van der Waals surface area contributed by atoms with Gasteiger partial charge >= 0.3 is 5.97 Å². The van der Waals surface area contributed by atoms with E-state index < -0.39 is 0 Å². The summed E-state index contributed by atoms with van der Waals surface area (Å²) < 4.78 is 6.10. The van der Waals surface area contributed by atoms with Gasteiger partial charge < -0.3 is 4.74 Å². The molecule has 0 amide bonds. The zero-order chi connectivity index (χ0) is 11.1. The molecule has 3 heteroatoms. The Morgan fingerprint density at radius 2 is 2.00 bits per heavy atom. The van der Waals surface area contributed by atoms with Gasteiger partial charge in [-0.1, -0.05) is 12.1 Å². The first-order chi connectivity index (χ1) is 7.22. The molecule has 0 bridgehead atoms. The molecule has 1 aromatic rings. The Bertz CT molecular complexity index is 306. The van der Waals surface area contributed by atoms with Crippen molar-refractivity contribution in [2.24, 2.45) is 0 Å². The van der Waals surface area contributed by atoms with Crippen LogP contribution in [-0.4, -0.2) is 12.6 Å². The highest BCUT2D eigenvalue weighted by Crippen LogP contribution is 2.09. The van der Waals surface area contributed by atoms with E-state index >= 15 is 0 Å². The lowest BCUT2D eigenvalue weighted by atomic mass is 10.1. The van der Waals surface area contributed by atoms with Gasteiger partial charge in [-0.25, -0.2) is 0 Å². The molecule has 0 atom stereocenters. The third kappa shape index (κ3) is 5.16. The van der Waals surface area contributed by atoms with Crippen LogP contribution in [0, 0.1) is 3.57 Å². The fourth-order valence-electron chi connectivity index (χ4n) is 1.32. The van der Waals surface area contributed by atoms with Gasteiger partial charge in [0.15, 0.2) is 0 Å². The van der Waals surface area contributed by atoms with E-state index in [0.29, 0.717) is 13.0 Å². The highest BCUT2D eigenvalue weighted by atomic mass is 127. The van der Waals surface area contributed by atoms with Gasteiger partial charge in [-0.3, -0.25) is 4.79 Å². The Balaban J connectivity index is 2.26. The van der Waals surface area contributed by atoms with Gasteiger partial charge in [-0.2, -0.15) is 0 Å². The highest BCUT2D eigenvalue weighted by molar-refractivity contribution is 14.1. The molecule has 2 nitrogen and oxygen atoms in total. The van der Waals surface area contributed by atoms with E-state index in [2.05, 4.69) is 46.9 Å². The predicted molar refractivity (Wildman–Crippen MR) is 68.7 cm³/mol. The standard InChI is InChI=1S/C12H15IO2/c1-2-15-12(14)5-3-4-10-6-8-11(13)9-7-10/h6-9H,2-5H2,1H3. The molecule has 15 heavy (non-hydrogen) atoms. The molecule has 1 aromatic carbocycles. The van der Waals surface area contributed by atoms with E-state index in [4.69, 9.17) is 4.74 Å². The van der Waals surface area contributed by atoms with Crippen LogP contribution in [0.5, 0.6) is 0 Å². The van der Waals surface area contributed by atoms with Crippen LogP contribution in [0.2, 0.25) is 0 Å². The lowest BCUT2D eigenvalue weighted by molar-refractivity contribution is -0.143. The van der Waals surface area contributed by atoms with Crippen molar-refractivity contribution in [3.63, 3.8) is 0 Å². The van der Waals surface area contributed by atoms with Gasteiger partial charge in [0.05, 0.1) is 6.61 Å². The quantitative estimate of drug-likeness (QED) is 0.616. The molecule has 1 rings (SSSR count). The molecule has 0 fully saturated rings. The second-order valence-electron chi connectivity index (χ2n) is 3.29. The minimum Gasteiger partial charge on any atom is -0.466 e. The molecule has 0 spiro atoms. The normalized spacial score (nSPS) is 10.0. The Hall–Kier alpha value is -0.580. The number of rotatable bonds is 5. The van der Waals surface area contributed by atoms with Crippen LogP contribution in [0.3, 0.4) is 0 Å². The fraction of sp³-hybridized carbons (Fsp3) is 0.417. The van der Waals surface area contributed by atoms with Crippen LogP contribution in [0.4, 0.5) is 0 Å². The molecule has 0 saturated carbocycles. The van der Waals surface area contributed by atoms with Crippen LogP contribution < -0.4 is 0 Å². The third-order valence-electron chi connectivity index (χ3n) is 2.06. The van der Waals surface area contributed by atoms with E-state index in [1.165, 1.54) is 9.13 Å². The smallest absolute Gasteiger partial charge is 0.305 e. The minimum absolute atomic E-state index is 0.0944. The number of ether oxygens (including phenoxy) is 1. The van der Waals surface area contributed by atoms with E-state index in [1.807, 2.05) is 6.92 Å². The van der Waals surface area contributed by atoms with Crippen molar-refractivity contribution in [3.05, 3.63) is 33.4 Å². The third-order valence-corrected chi connectivity index (χ3v) is 2.78. The van der Waals surface area contributed by atoms with Crippen molar-refractivity contribution in [2.45, 2.75) is 26.2 Å². The monoisotopic (exact) mass is 318 g/mol. The summed E-state index contributed by atoms with van der Waals surface area (Å²) in [5, 5.41) is 0. The predicted octanol–water partition coefficient (Wildman–Crippen LogP) is 3.18. The summed E-state index contributed by atoms with van der Waals surface area (Å²) in [5.41, 5.74) is 1.28. The lowest BCUT2D eigenvalue weighted by Gasteiger charge is -2.02. The summed E-state index contributed by atoms with van der Waals surface area (Å²) in [4.78, 5) is 11.1. The van der Waals surface area contributed by atoms with Gasteiger partial charge in [0.2, 0.25) is 0 Å². The minimum atomic E-state index is -0.0944. The number of halogens is 1. The Morgan fingerprint density at radius 3 is 2.60 bits per heavy atom. The number of hydrogen-bond donors (Lipinski definition) is 0. The maximum atomic E-state index is 11.1. The molecule has 0 saturated heterocycles. The zero-order valence-electron chi connectivity index (χ0n) is 8.83. The second-order valence-corrected chi connectivity index (χ2v) is 4.53. The maximum Gasteiger partial charge on any atom is 0.305 e. The summed E-state index contributed by atoms with van der Waals surface area (Å²) in [6.45, 7) is 2.30. The van der Waals surface area contributed by atoms with Crippen molar-refractivity contribution < 1.29 is 9.53 Å². The van der Waals surface area contributed by atoms with Crippen LogP contribution >= 0.6 is 22.6 Å². The van der Waals surface area contributed by atoms with E-state index in [1.54, 1.807) is 0 Å². The SMILES string of the molecule is CCOC(=O)CCCc1ccc(I)cc1. The van der Waals surface area contributed by atoms with Crippen molar-refractivity contribution in [1.29, 1.82) is 0 Å². The summed E-state index contributed by atoms with van der Waals surface area (Å²) >= 11 is 2.28. The molecule has 0 aromatic heterocycles. The van der Waals surface area contributed by atoms with Gasteiger partial charge in [0.1, 0.15) is 0 Å². The fourth-order valence-corrected chi connectivity index (χ4v) is 1.68. The van der Waals surface area contributed by atoms with Gasteiger partial charge in [-0.05, 0) is 60.1 Å². The molecule has 0 aliphatic heterocycles. The second kappa shape index (κ2) is 6.82. The van der Waals surface area contributed by atoms with Gasteiger partial charge in [0, 0.05) is 9.99 Å². The number of carbonyl (C=O) groups excluding carboxylic acids is 1. The molecule has 0 radical (unpaired) electrons. The topological polar surface area (TPSA) is 26.3 Å². The number of aryl methyl sites for hydroxylation is 1. The average molecular weight is 318 g/mol. The first-order valence-corrected chi connectivity index (χ1v) is 6.20. The molecule has 0 aliphatic rings. The first kappa shape index (κ1) is 12.5. The number of benzene rings is 1. The summed E-state index contributed by atoms with van der Waals surface area (Å²) in [7, 11) is 0. The van der Waals surface area contributed by atoms with Crippen molar-refractivity contribution in [2.75, 3.05) is 6.61 Å². The molecular formula is C12H15IO2.